The van der Waals surface area contributed by atoms with Gasteiger partial charge in [0.1, 0.15) is 30.5 Å². The van der Waals surface area contributed by atoms with Crippen molar-refractivity contribution in [3.8, 4) is 17.2 Å². The third kappa shape index (κ3) is 5.79. The Hall–Kier alpha value is -2.77. The first-order valence-electron chi connectivity index (χ1n) is 12.3. The van der Waals surface area contributed by atoms with E-state index in [0.717, 1.165) is 18.4 Å². The number of rotatable bonds is 12. The maximum atomic E-state index is 12.8. The molecular weight excluding hydrogens is 460 g/mol. The fraction of sp³-hybridized carbons (Fsp3) is 0.552. The average Bonchev–Trinajstić information content (AvgIpc) is 3.51. The van der Waals surface area contributed by atoms with Crippen LogP contribution in [0.3, 0.4) is 0 Å². The molecule has 0 radical (unpaired) electrons. The Morgan fingerprint density at radius 3 is 2.03 bits per heavy atom. The molecule has 0 spiro atoms. The number of hydrogen-bond donors (Lipinski definition) is 0. The first-order chi connectivity index (χ1) is 17.0. The van der Waals surface area contributed by atoms with Crippen LogP contribution < -0.4 is 14.2 Å². The van der Waals surface area contributed by atoms with E-state index >= 15 is 0 Å². The second-order valence-corrected chi connectivity index (χ2v) is 10.6. The van der Waals surface area contributed by atoms with Crippen LogP contribution in [-0.4, -0.2) is 47.6 Å². The van der Waals surface area contributed by atoms with E-state index in [0.29, 0.717) is 28.7 Å². The second kappa shape index (κ2) is 11.1. The van der Waals surface area contributed by atoms with Crippen LogP contribution in [0.1, 0.15) is 51.7 Å². The molecule has 2 unspecified atom stereocenters. The van der Waals surface area contributed by atoms with Crippen LogP contribution in [0.4, 0.5) is 0 Å². The minimum absolute atomic E-state index is 0.0808. The highest BCUT2D eigenvalue weighted by Crippen LogP contribution is 2.59. The summed E-state index contributed by atoms with van der Waals surface area (Å²) in [5.41, 5.74) is 1.21. The summed E-state index contributed by atoms with van der Waals surface area (Å²) in [7, 11) is 6.36. The van der Waals surface area contributed by atoms with Gasteiger partial charge in [0.05, 0.1) is 25.2 Å². The fourth-order valence-electron chi connectivity index (χ4n) is 5.01. The predicted octanol–water partition coefficient (Wildman–Crippen LogP) is 5.58. The van der Waals surface area contributed by atoms with Crippen molar-refractivity contribution in [2.45, 2.75) is 46.3 Å². The van der Waals surface area contributed by atoms with Gasteiger partial charge in [-0.3, -0.25) is 4.79 Å². The summed E-state index contributed by atoms with van der Waals surface area (Å²) in [6.07, 6.45) is 1.73. The molecule has 0 N–H and O–H groups in total. The molecule has 1 aliphatic rings. The van der Waals surface area contributed by atoms with E-state index in [1.165, 1.54) is 0 Å². The van der Waals surface area contributed by atoms with Gasteiger partial charge >= 0.3 is 5.97 Å². The largest absolute Gasteiger partial charge is 0.497 e. The molecule has 2 atom stereocenters. The van der Waals surface area contributed by atoms with Crippen LogP contribution in [0.15, 0.2) is 42.5 Å². The van der Waals surface area contributed by atoms with Crippen LogP contribution in [0.2, 0.25) is 0 Å². The lowest BCUT2D eigenvalue weighted by molar-refractivity contribution is -0.184. The van der Waals surface area contributed by atoms with E-state index in [9.17, 15) is 4.79 Å². The molecule has 0 bridgehead atoms. The van der Waals surface area contributed by atoms with E-state index in [4.69, 9.17) is 28.4 Å². The Morgan fingerprint density at radius 1 is 0.917 bits per heavy atom. The maximum absolute atomic E-state index is 12.8. The van der Waals surface area contributed by atoms with Gasteiger partial charge in [0.15, 0.2) is 0 Å². The molecule has 2 aromatic rings. The number of carbonyl (C=O) groups excluding carboxylic acids is 1. The van der Waals surface area contributed by atoms with Crippen molar-refractivity contribution in [3.05, 3.63) is 53.6 Å². The molecule has 2 aromatic carbocycles. The molecule has 7 heteroatoms. The quantitative estimate of drug-likeness (QED) is 0.214. The highest BCUT2D eigenvalue weighted by molar-refractivity contribution is 5.80. The Balaban J connectivity index is 1.64. The minimum atomic E-state index is -1.19. The molecule has 1 saturated carbocycles. The smallest absolute Gasteiger partial charge is 0.312 e. The van der Waals surface area contributed by atoms with Crippen molar-refractivity contribution >= 4 is 5.97 Å². The third-order valence-corrected chi connectivity index (χ3v) is 6.86. The number of carbonyl (C=O) groups is 1. The van der Waals surface area contributed by atoms with Gasteiger partial charge in [0.25, 0.3) is 0 Å². The SMILES string of the molecule is COc1ccc(C(OC)(OC)c2ccc(OCCOC(=O)C3(CC(C)(C)C)CC3C)cc2)c(OC)c1. The predicted molar refractivity (Wildman–Crippen MR) is 138 cm³/mol. The number of benzene rings is 2. The van der Waals surface area contributed by atoms with Gasteiger partial charge in [-0.25, -0.2) is 0 Å². The van der Waals surface area contributed by atoms with E-state index in [1.54, 1.807) is 34.5 Å². The van der Waals surface area contributed by atoms with Crippen LogP contribution >= 0.6 is 0 Å². The summed E-state index contributed by atoms with van der Waals surface area (Å²) in [4.78, 5) is 12.8. The summed E-state index contributed by atoms with van der Waals surface area (Å²) in [6, 6.07) is 12.9. The van der Waals surface area contributed by atoms with Crippen LogP contribution in [0, 0.1) is 16.7 Å². The van der Waals surface area contributed by atoms with Crippen molar-refractivity contribution in [1.29, 1.82) is 0 Å². The van der Waals surface area contributed by atoms with Gasteiger partial charge in [-0.1, -0.05) is 27.7 Å². The summed E-state index contributed by atoms with van der Waals surface area (Å²) in [5.74, 6) is 0.970. The lowest BCUT2D eigenvalue weighted by atomic mass is 9.81. The first kappa shape index (κ1) is 27.8. The van der Waals surface area contributed by atoms with E-state index in [1.807, 2.05) is 36.4 Å². The average molecular weight is 501 g/mol. The molecule has 1 aliphatic carbocycles. The zero-order valence-electron chi connectivity index (χ0n) is 22.8. The molecule has 7 nitrogen and oxygen atoms in total. The van der Waals surface area contributed by atoms with Crippen molar-refractivity contribution in [3.63, 3.8) is 0 Å². The van der Waals surface area contributed by atoms with Gasteiger partial charge in [0, 0.05) is 25.8 Å². The Morgan fingerprint density at radius 2 is 1.53 bits per heavy atom. The normalized spacial score (nSPS) is 19.5. The third-order valence-electron chi connectivity index (χ3n) is 6.86. The monoisotopic (exact) mass is 500 g/mol. The van der Waals surface area contributed by atoms with Gasteiger partial charge < -0.3 is 28.4 Å². The minimum Gasteiger partial charge on any atom is -0.497 e. The number of hydrogen-bond acceptors (Lipinski definition) is 7. The van der Waals surface area contributed by atoms with Crippen LogP contribution in [0.5, 0.6) is 17.2 Å². The molecule has 3 rings (SSSR count). The zero-order valence-corrected chi connectivity index (χ0v) is 22.8. The Bertz CT molecular complexity index is 1020. The molecular formula is C29H40O7. The summed E-state index contributed by atoms with van der Waals surface area (Å²) >= 11 is 0. The summed E-state index contributed by atoms with van der Waals surface area (Å²) in [5, 5.41) is 0. The van der Waals surface area contributed by atoms with E-state index in [2.05, 4.69) is 27.7 Å². The molecule has 1 fully saturated rings. The van der Waals surface area contributed by atoms with E-state index < -0.39 is 5.79 Å². The van der Waals surface area contributed by atoms with Crippen molar-refractivity contribution in [2.75, 3.05) is 41.7 Å². The van der Waals surface area contributed by atoms with Crippen molar-refractivity contribution in [1.82, 2.24) is 0 Å². The van der Waals surface area contributed by atoms with Gasteiger partial charge in [-0.15, -0.1) is 0 Å². The number of esters is 1. The maximum Gasteiger partial charge on any atom is 0.312 e. The topological polar surface area (TPSA) is 72.5 Å². The number of methoxy groups -OCH3 is 4. The summed E-state index contributed by atoms with van der Waals surface area (Å²) < 4.78 is 34.1. The Labute approximate surface area is 215 Å². The lowest BCUT2D eigenvalue weighted by Gasteiger charge is -2.33. The molecule has 0 aromatic heterocycles. The highest BCUT2D eigenvalue weighted by Gasteiger charge is 2.59. The standard InChI is InChI=1S/C29H40O7/c1-20-18-28(20,19-27(2,3)4)26(30)36-16-15-35-22-11-9-21(10-12-22)29(33-7,34-8)24-14-13-23(31-5)17-25(24)32-6/h9-14,17,20H,15-16,18-19H2,1-8H3. The molecule has 0 saturated heterocycles. The second-order valence-electron chi connectivity index (χ2n) is 10.6. The fourth-order valence-corrected chi connectivity index (χ4v) is 5.01. The van der Waals surface area contributed by atoms with E-state index in [-0.39, 0.29) is 30.0 Å². The molecule has 36 heavy (non-hydrogen) atoms. The van der Waals surface area contributed by atoms with Gasteiger partial charge in [-0.05, 0) is 60.6 Å². The highest BCUT2D eigenvalue weighted by atomic mass is 16.7. The molecule has 0 amide bonds. The molecule has 0 heterocycles. The summed E-state index contributed by atoms with van der Waals surface area (Å²) in [6.45, 7) is 9.08. The van der Waals surface area contributed by atoms with Gasteiger partial charge in [0.2, 0.25) is 5.79 Å². The zero-order chi connectivity index (χ0) is 26.6. The van der Waals surface area contributed by atoms with Crippen LogP contribution in [0.25, 0.3) is 0 Å². The lowest BCUT2D eigenvalue weighted by Crippen LogP contribution is -2.32. The van der Waals surface area contributed by atoms with Crippen LogP contribution in [-0.2, 0) is 24.8 Å². The first-order valence-corrected chi connectivity index (χ1v) is 12.3. The Kier molecular flexibility index (Phi) is 8.57. The van der Waals surface area contributed by atoms with Crippen molar-refractivity contribution in [2.24, 2.45) is 16.7 Å². The number of ether oxygens (including phenoxy) is 6. The van der Waals surface area contributed by atoms with Crippen molar-refractivity contribution < 1.29 is 33.2 Å². The van der Waals surface area contributed by atoms with Gasteiger partial charge in [-0.2, -0.15) is 0 Å². The molecule has 0 aliphatic heterocycles. The molecule has 198 valence electrons.